The summed E-state index contributed by atoms with van der Waals surface area (Å²) in [7, 11) is 4.76. The van der Waals surface area contributed by atoms with E-state index in [4.69, 9.17) is 23.9 Å². The van der Waals surface area contributed by atoms with Crippen molar-refractivity contribution >= 4 is 23.0 Å². The third-order valence-corrected chi connectivity index (χ3v) is 5.31. The quantitative estimate of drug-likeness (QED) is 0.460. The predicted octanol–water partition coefficient (Wildman–Crippen LogP) is 3.53. The second-order valence-corrected chi connectivity index (χ2v) is 7.10. The lowest BCUT2D eigenvalue weighted by atomic mass is 9.94. The smallest absolute Gasteiger partial charge is 0.338 e. The minimum absolute atomic E-state index is 0.163. The first-order valence-corrected chi connectivity index (χ1v) is 9.91. The zero-order valence-corrected chi connectivity index (χ0v) is 18.0. The summed E-state index contributed by atoms with van der Waals surface area (Å²) in [6.45, 7) is 2.33. The van der Waals surface area contributed by atoms with E-state index >= 15 is 0 Å². The number of hydrogen-bond acceptors (Lipinski definition) is 7. The van der Waals surface area contributed by atoms with Gasteiger partial charge in [0, 0.05) is 24.4 Å². The Labute approximate surface area is 180 Å². The van der Waals surface area contributed by atoms with E-state index < -0.39 is 12.0 Å². The first-order valence-electron chi connectivity index (χ1n) is 9.91. The lowest BCUT2D eigenvalue weighted by Gasteiger charge is -2.31. The maximum absolute atomic E-state index is 13.2. The standard InChI is InChI=1S/C23H25N3O5/c1-14-20(22(27)31-12-11-28-2)21(16-10-9-15(29-3)13-19(16)30-4)26-18-8-6-5-7-17(18)25-23(26)24-14/h5-10,13,21H,11-12H2,1-4H3,(H,24,25)/t21-/m1/s1. The number of anilines is 1. The first kappa shape index (κ1) is 20.7. The molecule has 0 saturated heterocycles. The number of rotatable bonds is 7. The summed E-state index contributed by atoms with van der Waals surface area (Å²) in [6, 6.07) is 12.9. The molecule has 2 heterocycles. The van der Waals surface area contributed by atoms with Gasteiger partial charge in [-0.05, 0) is 31.2 Å². The molecule has 0 unspecified atom stereocenters. The molecule has 162 valence electrons. The maximum Gasteiger partial charge on any atom is 0.338 e. The molecule has 0 amide bonds. The van der Waals surface area contributed by atoms with Gasteiger partial charge in [-0.15, -0.1) is 0 Å². The summed E-state index contributed by atoms with van der Waals surface area (Å²) in [6.07, 6.45) is 0. The van der Waals surface area contributed by atoms with Crippen LogP contribution in [0.3, 0.4) is 0 Å². The number of nitrogens with one attached hydrogen (secondary N) is 1. The normalized spacial score (nSPS) is 15.4. The van der Waals surface area contributed by atoms with E-state index in [2.05, 4.69) is 5.32 Å². The molecule has 4 rings (SSSR count). The third-order valence-electron chi connectivity index (χ3n) is 5.31. The Kier molecular flexibility index (Phi) is 5.81. The van der Waals surface area contributed by atoms with Gasteiger partial charge in [-0.25, -0.2) is 9.78 Å². The van der Waals surface area contributed by atoms with E-state index in [-0.39, 0.29) is 6.61 Å². The number of allylic oxidation sites excluding steroid dienone is 1. The van der Waals surface area contributed by atoms with Crippen LogP contribution >= 0.6 is 0 Å². The SMILES string of the molecule is COCCOC(=O)C1=C(C)Nc2nc3ccccc3n2[C@@H]1c1ccc(OC)cc1OC. The van der Waals surface area contributed by atoms with E-state index in [1.54, 1.807) is 27.4 Å². The highest BCUT2D eigenvalue weighted by Crippen LogP contribution is 2.43. The van der Waals surface area contributed by atoms with Crippen LogP contribution in [0.15, 0.2) is 53.7 Å². The molecule has 8 nitrogen and oxygen atoms in total. The van der Waals surface area contributed by atoms with Gasteiger partial charge >= 0.3 is 5.97 Å². The van der Waals surface area contributed by atoms with Gasteiger partial charge in [-0.3, -0.25) is 4.57 Å². The van der Waals surface area contributed by atoms with Crippen LogP contribution in [0, 0.1) is 0 Å². The Morgan fingerprint density at radius 2 is 1.90 bits per heavy atom. The van der Waals surface area contributed by atoms with E-state index in [1.165, 1.54) is 0 Å². The number of esters is 1. The van der Waals surface area contributed by atoms with Gasteiger partial charge in [0.15, 0.2) is 0 Å². The van der Waals surface area contributed by atoms with Gasteiger partial charge in [0.05, 0.1) is 43.5 Å². The van der Waals surface area contributed by atoms with Crippen LogP contribution in [0.25, 0.3) is 11.0 Å². The molecule has 8 heteroatoms. The predicted molar refractivity (Wildman–Crippen MR) is 117 cm³/mol. The van der Waals surface area contributed by atoms with Crippen LogP contribution < -0.4 is 14.8 Å². The Bertz CT molecular complexity index is 1150. The van der Waals surface area contributed by atoms with Gasteiger partial charge in [0.2, 0.25) is 5.95 Å². The summed E-state index contributed by atoms with van der Waals surface area (Å²) in [5, 5.41) is 3.26. The van der Waals surface area contributed by atoms with Gasteiger partial charge in [-0.2, -0.15) is 0 Å². The van der Waals surface area contributed by atoms with Crippen molar-refractivity contribution in [1.82, 2.24) is 9.55 Å². The minimum Gasteiger partial charge on any atom is -0.497 e. The number of fused-ring (bicyclic) bond motifs is 3. The number of hydrogen-bond donors (Lipinski definition) is 1. The molecular formula is C23H25N3O5. The molecule has 0 radical (unpaired) electrons. The highest BCUT2D eigenvalue weighted by atomic mass is 16.6. The average Bonchev–Trinajstić information content (AvgIpc) is 3.15. The van der Waals surface area contributed by atoms with Gasteiger partial charge < -0.3 is 24.3 Å². The Morgan fingerprint density at radius 3 is 2.65 bits per heavy atom. The highest BCUT2D eigenvalue weighted by Gasteiger charge is 2.36. The fourth-order valence-corrected chi connectivity index (χ4v) is 3.86. The topological polar surface area (TPSA) is 83.8 Å². The average molecular weight is 423 g/mol. The summed E-state index contributed by atoms with van der Waals surface area (Å²) >= 11 is 0. The zero-order valence-electron chi connectivity index (χ0n) is 18.0. The molecule has 1 aliphatic heterocycles. The van der Waals surface area contributed by atoms with Gasteiger partial charge in [0.1, 0.15) is 18.1 Å². The Balaban J connectivity index is 1.92. The van der Waals surface area contributed by atoms with Crippen molar-refractivity contribution in [2.45, 2.75) is 13.0 Å². The lowest BCUT2D eigenvalue weighted by molar-refractivity contribution is -0.140. The molecule has 0 spiro atoms. The number of imidazole rings is 1. The molecule has 3 aromatic rings. The molecule has 2 aromatic carbocycles. The number of nitrogens with zero attached hydrogens (tertiary/aromatic N) is 2. The molecule has 1 N–H and O–H groups in total. The monoisotopic (exact) mass is 423 g/mol. The fraction of sp³-hybridized carbons (Fsp3) is 0.304. The Morgan fingerprint density at radius 1 is 1.10 bits per heavy atom. The fourth-order valence-electron chi connectivity index (χ4n) is 3.86. The number of aromatic nitrogens is 2. The van der Waals surface area contributed by atoms with Crippen molar-refractivity contribution in [3.8, 4) is 11.5 Å². The molecule has 1 atom stereocenters. The molecule has 0 fully saturated rings. The zero-order chi connectivity index (χ0) is 22.0. The number of methoxy groups -OCH3 is 3. The number of ether oxygens (including phenoxy) is 4. The molecule has 0 aliphatic carbocycles. The van der Waals surface area contributed by atoms with E-state index in [0.717, 1.165) is 16.6 Å². The van der Waals surface area contributed by atoms with Crippen molar-refractivity contribution in [3.63, 3.8) is 0 Å². The van der Waals surface area contributed by atoms with E-state index in [1.807, 2.05) is 47.9 Å². The maximum atomic E-state index is 13.2. The second kappa shape index (κ2) is 8.69. The number of carbonyl (C=O) groups excluding carboxylic acids is 1. The molecule has 1 aliphatic rings. The molecular weight excluding hydrogens is 398 g/mol. The third kappa shape index (κ3) is 3.70. The van der Waals surface area contributed by atoms with Crippen molar-refractivity contribution < 1.29 is 23.7 Å². The van der Waals surface area contributed by atoms with Crippen molar-refractivity contribution in [1.29, 1.82) is 0 Å². The van der Waals surface area contributed by atoms with Crippen LogP contribution in [0.1, 0.15) is 18.5 Å². The first-order chi connectivity index (χ1) is 15.1. The molecule has 1 aromatic heterocycles. The van der Waals surface area contributed by atoms with E-state index in [9.17, 15) is 4.79 Å². The second-order valence-electron chi connectivity index (χ2n) is 7.10. The molecule has 0 bridgehead atoms. The lowest BCUT2D eigenvalue weighted by Crippen LogP contribution is -2.29. The number of benzene rings is 2. The van der Waals surface area contributed by atoms with Crippen LogP contribution in [0.5, 0.6) is 11.5 Å². The van der Waals surface area contributed by atoms with Crippen molar-refractivity contribution in [2.24, 2.45) is 0 Å². The largest absolute Gasteiger partial charge is 0.497 e. The number of para-hydroxylation sites is 2. The van der Waals surface area contributed by atoms with Gasteiger partial charge in [0.25, 0.3) is 0 Å². The van der Waals surface area contributed by atoms with Crippen LogP contribution in [0.2, 0.25) is 0 Å². The molecule has 31 heavy (non-hydrogen) atoms. The summed E-state index contributed by atoms with van der Waals surface area (Å²) < 4.78 is 23.6. The van der Waals surface area contributed by atoms with Crippen LogP contribution in [-0.2, 0) is 14.3 Å². The van der Waals surface area contributed by atoms with Crippen LogP contribution in [-0.4, -0.2) is 50.1 Å². The van der Waals surface area contributed by atoms with Crippen molar-refractivity contribution in [3.05, 3.63) is 59.3 Å². The van der Waals surface area contributed by atoms with Gasteiger partial charge in [-0.1, -0.05) is 12.1 Å². The molecule has 0 saturated carbocycles. The number of carbonyl (C=O) groups is 1. The van der Waals surface area contributed by atoms with E-state index in [0.29, 0.717) is 35.3 Å². The van der Waals surface area contributed by atoms with Crippen LogP contribution in [0.4, 0.5) is 5.95 Å². The van der Waals surface area contributed by atoms with Crippen molar-refractivity contribution in [2.75, 3.05) is 39.9 Å². The highest BCUT2D eigenvalue weighted by molar-refractivity contribution is 5.94. The minimum atomic E-state index is -0.500. The Hall–Kier alpha value is -3.52. The summed E-state index contributed by atoms with van der Waals surface area (Å²) in [5.41, 5.74) is 3.67. The summed E-state index contributed by atoms with van der Waals surface area (Å²) in [4.78, 5) is 17.9. The summed E-state index contributed by atoms with van der Waals surface area (Å²) in [5.74, 6) is 1.49.